The normalized spacial score (nSPS) is 19.0. The summed E-state index contributed by atoms with van der Waals surface area (Å²) in [7, 11) is -4.04. The summed E-state index contributed by atoms with van der Waals surface area (Å²) >= 11 is 1.05. The summed E-state index contributed by atoms with van der Waals surface area (Å²) in [6.45, 7) is 4.93. The van der Waals surface area contributed by atoms with E-state index in [-0.39, 0.29) is 20.7 Å². The van der Waals surface area contributed by atoms with Gasteiger partial charge in [0.15, 0.2) is 0 Å². The Morgan fingerprint density at radius 2 is 2.07 bits per heavy atom. The standard InChI is InChI=1S/C19H20FN3O4S2/c1-19(2)10-23(9-15(19)24)16-3-4-17(28-16)29(26,27)22-14-8-12-11(7-13(14)20)5-6-21-18(12)25/h3-8,15,22,24H,9-10H2,1-2H3,(H,21,25). The number of aliphatic hydroxyl groups is 1. The lowest BCUT2D eigenvalue weighted by Gasteiger charge is -2.21. The van der Waals surface area contributed by atoms with Crippen LogP contribution in [0.3, 0.4) is 0 Å². The molecule has 1 saturated heterocycles. The van der Waals surface area contributed by atoms with Crippen molar-refractivity contribution in [2.24, 2.45) is 5.41 Å². The molecular formula is C19H20FN3O4S2. The number of fused-ring (bicyclic) bond motifs is 1. The molecule has 154 valence electrons. The predicted octanol–water partition coefficient (Wildman–Crippen LogP) is 2.74. The van der Waals surface area contributed by atoms with E-state index in [1.807, 2.05) is 18.7 Å². The number of nitrogens with zero attached hydrogens (tertiary/aromatic N) is 1. The lowest BCUT2D eigenvalue weighted by molar-refractivity contribution is 0.0964. The highest BCUT2D eigenvalue weighted by atomic mass is 32.2. The maximum atomic E-state index is 14.4. The van der Waals surface area contributed by atoms with Crippen LogP contribution >= 0.6 is 11.3 Å². The monoisotopic (exact) mass is 437 g/mol. The van der Waals surface area contributed by atoms with Crippen LogP contribution in [0.1, 0.15) is 13.8 Å². The molecule has 4 rings (SSSR count). The van der Waals surface area contributed by atoms with E-state index in [1.165, 1.54) is 24.4 Å². The van der Waals surface area contributed by atoms with Crippen molar-refractivity contribution in [1.29, 1.82) is 0 Å². The van der Waals surface area contributed by atoms with Gasteiger partial charge in [-0.3, -0.25) is 9.52 Å². The van der Waals surface area contributed by atoms with Gasteiger partial charge in [0.25, 0.3) is 15.6 Å². The van der Waals surface area contributed by atoms with Crippen LogP contribution in [-0.4, -0.2) is 37.7 Å². The van der Waals surface area contributed by atoms with Crippen molar-refractivity contribution < 1.29 is 17.9 Å². The van der Waals surface area contributed by atoms with Crippen molar-refractivity contribution in [3.63, 3.8) is 0 Å². The number of H-pyrrole nitrogens is 1. The number of aliphatic hydroxyl groups excluding tert-OH is 1. The van der Waals surface area contributed by atoms with Crippen molar-refractivity contribution in [2.45, 2.75) is 24.2 Å². The molecule has 1 aliphatic heterocycles. The molecule has 0 radical (unpaired) electrons. The molecule has 2 aromatic heterocycles. The molecule has 3 heterocycles. The van der Waals surface area contributed by atoms with Gasteiger partial charge in [-0.1, -0.05) is 13.8 Å². The van der Waals surface area contributed by atoms with Crippen LogP contribution in [0, 0.1) is 11.2 Å². The van der Waals surface area contributed by atoms with E-state index in [9.17, 15) is 22.7 Å². The zero-order valence-electron chi connectivity index (χ0n) is 15.8. The summed E-state index contributed by atoms with van der Waals surface area (Å²) < 4.78 is 42.2. The van der Waals surface area contributed by atoms with Crippen LogP contribution < -0.4 is 15.2 Å². The lowest BCUT2D eigenvalue weighted by atomic mass is 9.90. The van der Waals surface area contributed by atoms with Crippen molar-refractivity contribution >= 4 is 42.8 Å². The van der Waals surface area contributed by atoms with Crippen LogP contribution in [0.2, 0.25) is 0 Å². The van der Waals surface area contributed by atoms with E-state index in [2.05, 4.69) is 9.71 Å². The third-order valence-electron chi connectivity index (χ3n) is 5.14. The average Bonchev–Trinajstić information content (AvgIpc) is 3.22. The second kappa shape index (κ2) is 6.82. The quantitative estimate of drug-likeness (QED) is 0.583. The van der Waals surface area contributed by atoms with Gasteiger partial charge in [0.1, 0.15) is 10.0 Å². The van der Waals surface area contributed by atoms with Gasteiger partial charge in [-0.25, -0.2) is 12.8 Å². The zero-order chi connectivity index (χ0) is 21.0. The molecule has 1 fully saturated rings. The highest BCUT2D eigenvalue weighted by molar-refractivity contribution is 7.94. The van der Waals surface area contributed by atoms with Gasteiger partial charge in [-0.2, -0.15) is 0 Å². The number of hydrogen-bond acceptors (Lipinski definition) is 6. The second-order valence-electron chi connectivity index (χ2n) is 7.81. The number of aromatic amines is 1. The minimum absolute atomic E-state index is 0.0214. The SMILES string of the molecule is CC1(C)CN(c2ccc(S(=O)(=O)Nc3cc4c(=O)[nH]ccc4cc3F)s2)CC1O. The first-order valence-electron chi connectivity index (χ1n) is 8.93. The first kappa shape index (κ1) is 19.9. The third kappa shape index (κ3) is 3.63. The molecule has 1 unspecified atom stereocenters. The number of rotatable bonds is 4. The number of nitrogens with one attached hydrogen (secondary N) is 2. The second-order valence-corrected chi connectivity index (χ2v) is 10.8. The molecule has 3 aromatic rings. The number of β-amino-alcohol motifs (C(OH)–C–C–N with tert-alkyl or cyclic N) is 1. The maximum absolute atomic E-state index is 14.4. The molecule has 0 spiro atoms. The summed E-state index contributed by atoms with van der Waals surface area (Å²) in [5.41, 5.74) is -1.01. The average molecular weight is 438 g/mol. The highest BCUT2D eigenvalue weighted by Gasteiger charge is 2.39. The Hall–Kier alpha value is -2.43. The Morgan fingerprint density at radius 1 is 1.31 bits per heavy atom. The smallest absolute Gasteiger partial charge is 0.271 e. The first-order valence-corrected chi connectivity index (χ1v) is 11.2. The molecule has 0 bridgehead atoms. The number of pyridine rings is 1. The molecule has 1 atom stereocenters. The van der Waals surface area contributed by atoms with Crippen molar-refractivity contribution in [3.05, 3.63) is 52.7 Å². The van der Waals surface area contributed by atoms with Gasteiger partial charge in [-0.15, -0.1) is 11.3 Å². The van der Waals surface area contributed by atoms with E-state index in [1.54, 1.807) is 6.07 Å². The molecular weight excluding hydrogens is 417 g/mol. The van der Waals surface area contributed by atoms with Crippen LogP contribution in [0.15, 0.2) is 45.5 Å². The summed E-state index contributed by atoms with van der Waals surface area (Å²) in [4.78, 5) is 16.3. The molecule has 3 N–H and O–H groups in total. The van der Waals surface area contributed by atoms with Crippen molar-refractivity contribution in [1.82, 2.24) is 4.98 Å². The molecule has 10 heteroatoms. The largest absolute Gasteiger partial charge is 0.391 e. The van der Waals surface area contributed by atoms with Gasteiger partial charge < -0.3 is 15.0 Å². The number of thiophene rings is 1. The van der Waals surface area contributed by atoms with Crippen molar-refractivity contribution in [3.8, 4) is 0 Å². The molecule has 0 aliphatic carbocycles. The number of aromatic nitrogens is 1. The Labute approximate surface area is 170 Å². The highest BCUT2D eigenvalue weighted by Crippen LogP contribution is 2.38. The first-order chi connectivity index (χ1) is 13.6. The third-order valence-corrected chi connectivity index (χ3v) is 8.15. The Kier molecular flexibility index (Phi) is 4.67. The Morgan fingerprint density at radius 3 is 2.76 bits per heavy atom. The molecule has 7 nitrogen and oxygen atoms in total. The summed E-state index contributed by atoms with van der Waals surface area (Å²) in [5.74, 6) is -0.770. The number of hydrogen-bond donors (Lipinski definition) is 3. The number of anilines is 2. The van der Waals surface area contributed by atoms with Crippen LogP contribution in [0.25, 0.3) is 10.8 Å². The maximum Gasteiger partial charge on any atom is 0.271 e. The molecule has 29 heavy (non-hydrogen) atoms. The molecule has 0 amide bonds. The molecule has 0 saturated carbocycles. The number of halogens is 1. The molecule has 1 aliphatic rings. The van der Waals surface area contributed by atoms with Gasteiger partial charge >= 0.3 is 0 Å². The van der Waals surface area contributed by atoms with E-state index >= 15 is 0 Å². The summed E-state index contributed by atoms with van der Waals surface area (Å²) in [6, 6.07) is 6.97. The fourth-order valence-electron chi connectivity index (χ4n) is 3.39. The van der Waals surface area contributed by atoms with E-state index in [4.69, 9.17) is 0 Å². The lowest BCUT2D eigenvalue weighted by Crippen LogP contribution is -2.26. The van der Waals surface area contributed by atoms with Crippen LogP contribution in [0.5, 0.6) is 0 Å². The van der Waals surface area contributed by atoms with E-state index in [0.29, 0.717) is 23.5 Å². The van der Waals surface area contributed by atoms with E-state index < -0.39 is 27.5 Å². The van der Waals surface area contributed by atoms with Gasteiger partial charge in [0, 0.05) is 30.1 Å². The number of benzene rings is 1. The van der Waals surface area contributed by atoms with E-state index in [0.717, 1.165) is 17.4 Å². The Balaban J connectivity index is 1.63. The zero-order valence-corrected chi connectivity index (χ0v) is 17.4. The minimum Gasteiger partial charge on any atom is -0.391 e. The van der Waals surface area contributed by atoms with Gasteiger partial charge in [0.2, 0.25) is 0 Å². The molecule has 1 aromatic carbocycles. The Bertz CT molecular complexity index is 1250. The predicted molar refractivity (Wildman–Crippen MR) is 112 cm³/mol. The summed E-state index contributed by atoms with van der Waals surface area (Å²) in [5, 5.41) is 11.4. The van der Waals surface area contributed by atoms with Crippen LogP contribution in [-0.2, 0) is 10.0 Å². The van der Waals surface area contributed by atoms with Crippen molar-refractivity contribution in [2.75, 3.05) is 22.7 Å². The minimum atomic E-state index is -4.04. The number of sulfonamides is 1. The van der Waals surface area contributed by atoms with Gasteiger partial charge in [0.05, 0.1) is 16.8 Å². The van der Waals surface area contributed by atoms with Gasteiger partial charge in [-0.05, 0) is 35.7 Å². The fraction of sp³-hybridized carbons (Fsp3) is 0.316. The fourth-order valence-corrected chi connectivity index (χ4v) is 5.75. The van der Waals surface area contributed by atoms with Crippen LogP contribution in [0.4, 0.5) is 15.1 Å². The topological polar surface area (TPSA) is 103 Å². The summed E-state index contributed by atoms with van der Waals surface area (Å²) in [6.07, 6.45) is 0.894.